The Kier molecular flexibility index (Phi) is 5.77. The summed E-state index contributed by atoms with van der Waals surface area (Å²) in [6.45, 7) is 1.74. The summed E-state index contributed by atoms with van der Waals surface area (Å²) in [4.78, 5) is 11.6. The maximum absolute atomic E-state index is 11.6. The second-order valence-electron chi connectivity index (χ2n) is 4.16. The van der Waals surface area contributed by atoms with Crippen LogP contribution in [-0.4, -0.2) is 16.9 Å². The molecule has 0 aliphatic carbocycles. The molecular weight excluding hydrogens is 304 g/mol. The van der Waals surface area contributed by atoms with Gasteiger partial charge in [0.25, 0.3) is 0 Å². The first-order valence-corrected chi connectivity index (χ1v) is 7.46. The zero-order valence-electron chi connectivity index (χ0n) is 11.0. The van der Waals surface area contributed by atoms with Crippen LogP contribution in [0.4, 0.5) is 0 Å². The Bertz CT molecular complexity index is 469. The van der Waals surface area contributed by atoms with Crippen molar-refractivity contribution in [3.8, 4) is 0 Å². The largest absolute Gasteiger partial charge is 0.480 e. The Morgan fingerprint density at radius 2 is 1.21 bits per heavy atom. The van der Waals surface area contributed by atoms with Gasteiger partial charge in [-0.25, -0.2) is 0 Å². The summed E-state index contributed by atoms with van der Waals surface area (Å²) in [7, 11) is 0. The summed E-state index contributed by atoms with van der Waals surface area (Å²) >= 11 is 2.94. The Balaban J connectivity index is 0.000000861. The van der Waals surface area contributed by atoms with Crippen LogP contribution in [0.3, 0.4) is 0 Å². The van der Waals surface area contributed by atoms with E-state index in [1.54, 1.807) is 6.92 Å². The zero-order chi connectivity index (χ0) is 14.3. The number of benzene rings is 2. The monoisotopic (exact) mass is 320 g/mol. The molecule has 0 unspecified atom stereocenters. The summed E-state index contributed by atoms with van der Waals surface area (Å²) < 4.78 is 0. The molecule has 2 nitrogen and oxygen atoms in total. The highest BCUT2D eigenvalue weighted by Crippen LogP contribution is 2.31. The van der Waals surface area contributed by atoms with Gasteiger partial charge in [0.2, 0.25) is 0 Å². The van der Waals surface area contributed by atoms with Gasteiger partial charge in [0.05, 0.1) is 0 Å². The van der Waals surface area contributed by atoms with Gasteiger partial charge in [-0.05, 0) is 23.9 Å². The summed E-state index contributed by atoms with van der Waals surface area (Å²) in [5.41, 5.74) is 0.583. The molecule has 0 bridgehead atoms. The molecule has 0 aliphatic rings. The van der Waals surface area contributed by atoms with E-state index in [4.69, 9.17) is 0 Å². The van der Waals surface area contributed by atoms with Crippen molar-refractivity contribution in [1.82, 2.24) is 0 Å². The molecule has 0 atom stereocenters. The molecule has 3 heteroatoms. The lowest BCUT2D eigenvalue weighted by Crippen LogP contribution is -2.33. The van der Waals surface area contributed by atoms with Crippen LogP contribution >= 0.6 is 15.9 Å². The van der Waals surface area contributed by atoms with Gasteiger partial charge in [-0.15, -0.1) is 0 Å². The van der Waals surface area contributed by atoms with Gasteiger partial charge in [0, 0.05) is 0 Å². The normalized spacial score (nSPS) is 10.3. The highest BCUT2D eigenvalue weighted by molar-refractivity contribution is 9.08. The Morgan fingerprint density at radius 3 is 1.47 bits per heavy atom. The lowest BCUT2D eigenvalue weighted by molar-refractivity contribution is -0.141. The van der Waals surface area contributed by atoms with Gasteiger partial charge < -0.3 is 5.11 Å². The topological polar surface area (TPSA) is 37.3 Å². The molecule has 0 saturated carbocycles. The Hall–Kier alpha value is -1.61. The van der Waals surface area contributed by atoms with Gasteiger partial charge in [0.15, 0.2) is 0 Å². The molecule has 0 saturated heterocycles. The zero-order valence-corrected chi connectivity index (χ0v) is 12.6. The van der Waals surface area contributed by atoms with E-state index in [-0.39, 0.29) is 0 Å². The number of halogens is 1. The Labute approximate surface area is 122 Å². The van der Waals surface area contributed by atoms with Gasteiger partial charge in [0.1, 0.15) is 5.41 Å². The minimum Gasteiger partial charge on any atom is -0.480 e. The third kappa shape index (κ3) is 3.24. The first-order valence-electron chi connectivity index (χ1n) is 5.88. The smallest absolute Gasteiger partial charge is 0.318 e. The number of aliphatic carboxylic acids is 1. The maximum atomic E-state index is 11.6. The predicted molar refractivity (Wildman–Crippen MR) is 81.8 cm³/mol. The minimum atomic E-state index is -0.998. The minimum absolute atomic E-state index is 0.790. The molecule has 0 amide bonds. The quantitative estimate of drug-likeness (QED) is 0.865. The van der Waals surface area contributed by atoms with Crippen LogP contribution in [0.15, 0.2) is 60.7 Å². The van der Waals surface area contributed by atoms with Crippen molar-refractivity contribution in [2.75, 3.05) is 5.83 Å². The molecule has 19 heavy (non-hydrogen) atoms. The summed E-state index contributed by atoms with van der Waals surface area (Å²) in [6, 6.07) is 18.6. The van der Waals surface area contributed by atoms with E-state index < -0.39 is 11.4 Å². The maximum Gasteiger partial charge on any atom is 0.318 e. The van der Waals surface area contributed by atoms with E-state index in [0.717, 1.165) is 11.1 Å². The van der Waals surface area contributed by atoms with Crippen molar-refractivity contribution in [2.24, 2.45) is 0 Å². The molecule has 0 aromatic heterocycles. The van der Waals surface area contributed by atoms with E-state index in [1.807, 2.05) is 66.5 Å². The van der Waals surface area contributed by atoms with E-state index in [2.05, 4.69) is 15.9 Å². The molecule has 100 valence electrons. The lowest BCUT2D eigenvalue weighted by Gasteiger charge is -2.25. The molecule has 0 fully saturated rings. The van der Waals surface area contributed by atoms with E-state index in [9.17, 15) is 9.90 Å². The predicted octanol–water partition coefficient (Wildman–Crippen LogP) is 4.09. The van der Waals surface area contributed by atoms with Gasteiger partial charge in [-0.3, -0.25) is 4.79 Å². The van der Waals surface area contributed by atoms with Crippen molar-refractivity contribution in [3.63, 3.8) is 0 Å². The fourth-order valence-electron chi connectivity index (χ4n) is 1.96. The number of hydrogen-bond donors (Lipinski definition) is 1. The van der Waals surface area contributed by atoms with Gasteiger partial charge in [-0.2, -0.15) is 0 Å². The van der Waals surface area contributed by atoms with Gasteiger partial charge >= 0.3 is 5.97 Å². The standard InChI is InChI=1S/C15H14O2.CH3Br/c1-15(14(16)17,12-8-4-2-5-9-12)13-10-6-3-7-11-13;1-2/h2-11H,1H3,(H,16,17);1H3. The second-order valence-corrected chi connectivity index (χ2v) is 4.16. The Morgan fingerprint density at radius 1 is 0.895 bits per heavy atom. The second kappa shape index (κ2) is 7.10. The van der Waals surface area contributed by atoms with Gasteiger partial charge in [-0.1, -0.05) is 76.6 Å². The summed E-state index contributed by atoms with van der Waals surface area (Å²) in [5, 5.41) is 9.54. The molecule has 0 aliphatic heterocycles. The molecular formula is C16H17BrO2. The molecule has 0 spiro atoms. The van der Waals surface area contributed by atoms with Crippen LogP contribution in [0.1, 0.15) is 18.1 Å². The van der Waals surface area contributed by atoms with Crippen LogP contribution in [-0.2, 0) is 10.2 Å². The molecule has 1 N–H and O–H groups in total. The molecule has 0 radical (unpaired) electrons. The van der Waals surface area contributed by atoms with E-state index >= 15 is 0 Å². The summed E-state index contributed by atoms with van der Waals surface area (Å²) in [5.74, 6) is 0.974. The molecule has 0 heterocycles. The van der Waals surface area contributed by atoms with Crippen molar-refractivity contribution in [3.05, 3.63) is 71.8 Å². The number of rotatable bonds is 3. The highest BCUT2D eigenvalue weighted by Gasteiger charge is 2.36. The van der Waals surface area contributed by atoms with Crippen LogP contribution < -0.4 is 0 Å². The fraction of sp³-hybridized carbons (Fsp3) is 0.188. The van der Waals surface area contributed by atoms with Crippen LogP contribution in [0.25, 0.3) is 0 Å². The van der Waals surface area contributed by atoms with Crippen molar-refractivity contribution in [2.45, 2.75) is 12.3 Å². The first-order chi connectivity index (χ1) is 9.15. The highest BCUT2D eigenvalue weighted by atomic mass is 79.9. The number of alkyl halides is 1. The molecule has 2 aromatic rings. The van der Waals surface area contributed by atoms with E-state index in [0.29, 0.717) is 0 Å². The molecule has 2 rings (SSSR count). The number of hydrogen-bond acceptors (Lipinski definition) is 1. The van der Waals surface area contributed by atoms with Crippen LogP contribution in [0, 0.1) is 0 Å². The lowest BCUT2D eigenvalue weighted by atomic mass is 9.76. The number of carboxylic acids is 1. The van der Waals surface area contributed by atoms with Crippen molar-refractivity contribution < 1.29 is 9.90 Å². The van der Waals surface area contributed by atoms with Crippen molar-refractivity contribution in [1.29, 1.82) is 0 Å². The van der Waals surface area contributed by atoms with Crippen molar-refractivity contribution >= 4 is 21.9 Å². The first kappa shape index (κ1) is 15.4. The average molecular weight is 321 g/mol. The van der Waals surface area contributed by atoms with Crippen LogP contribution in [0.5, 0.6) is 0 Å². The summed E-state index contributed by atoms with van der Waals surface area (Å²) in [6.07, 6.45) is 0. The van der Waals surface area contributed by atoms with E-state index in [1.165, 1.54) is 0 Å². The fourth-order valence-corrected chi connectivity index (χ4v) is 1.96. The van der Waals surface area contributed by atoms with Crippen LogP contribution in [0.2, 0.25) is 0 Å². The number of carboxylic acid groups (broad SMARTS) is 1. The molecule has 2 aromatic carbocycles. The number of carbonyl (C=O) groups is 1. The third-order valence-electron chi connectivity index (χ3n) is 3.13. The SMILES string of the molecule is CBr.CC(C(=O)O)(c1ccccc1)c1ccccc1. The third-order valence-corrected chi connectivity index (χ3v) is 3.13. The average Bonchev–Trinajstić information content (AvgIpc) is 2.50.